The summed E-state index contributed by atoms with van der Waals surface area (Å²) in [5, 5.41) is 15.2. The van der Waals surface area contributed by atoms with Crippen LogP contribution in [-0.4, -0.2) is 29.5 Å². The molecule has 1 aliphatic carbocycles. The van der Waals surface area contributed by atoms with Crippen LogP contribution in [0.1, 0.15) is 50.7 Å². The first kappa shape index (κ1) is 18.4. The predicted molar refractivity (Wildman–Crippen MR) is 88.5 cm³/mol. The van der Waals surface area contributed by atoms with E-state index in [0.717, 1.165) is 32.1 Å². The van der Waals surface area contributed by atoms with Crippen LogP contribution < -0.4 is 10.6 Å². The lowest BCUT2D eigenvalue weighted by Crippen LogP contribution is -2.47. The molecule has 0 aromatic heterocycles. The standard InChI is InChI=1S/C18H25FN2O3/c1-12(21-18(24)13-7-3-2-4-8-13)17(23)20-11-16(22)14-9-5-6-10-15(14)19/h5-6,9-10,12-13,16,22H,2-4,7-8,11H2,1H3,(H,20,23)(H,21,24). The number of halogens is 1. The van der Waals surface area contributed by atoms with E-state index in [1.807, 2.05) is 0 Å². The number of aliphatic hydroxyl groups excluding tert-OH is 1. The van der Waals surface area contributed by atoms with E-state index in [-0.39, 0.29) is 23.9 Å². The summed E-state index contributed by atoms with van der Waals surface area (Å²) in [4.78, 5) is 24.2. The molecule has 2 rings (SSSR count). The van der Waals surface area contributed by atoms with Crippen LogP contribution in [0.2, 0.25) is 0 Å². The molecule has 0 saturated heterocycles. The van der Waals surface area contributed by atoms with E-state index >= 15 is 0 Å². The van der Waals surface area contributed by atoms with Gasteiger partial charge in [0.2, 0.25) is 11.8 Å². The maximum atomic E-state index is 13.6. The minimum Gasteiger partial charge on any atom is -0.386 e. The van der Waals surface area contributed by atoms with E-state index in [4.69, 9.17) is 0 Å². The van der Waals surface area contributed by atoms with Gasteiger partial charge in [-0.3, -0.25) is 9.59 Å². The number of aliphatic hydroxyl groups is 1. The quantitative estimate of drug-likeness (QED) is 0.744. The Balaban J connectivity index is 1.79. The van der Waals surface area contributed by atoms with Crippen molar-refractivity contribution in [2.75, 3.05) is 6.54 Å². The Morgan fingerprint density at radius 3 is 2.58 bits per heavy atom. The second-order valence-electron chi connectivity index (χ2n) is 6.35. The minimum absolute atomic E-state index is 0.0157. The fraction of sp³-hybridized carbons (Fsp3) is 0.556. The zero-order chi connectivity index (χ0) is 17.5. The van der Waals surface area contributed by atoms with Crippen LogP contribution in [-0.2, 0) is 9.59 Å². The molecular formula is C18H25FN2O3. The van der Waals surface area contributed by atoms with Gasteiger partial charge in [0, 0.05) is 18.0 Å². The van der Waals surface area contributed by atoms with Crippen molar-refractivity contribution in [3.05, 3.63) is 35.6 Å². The van der Waals surface area contributed by atoms with Gasteiger partial charge in [0.15, 0.2) is 0 Å². The first-order valence-corrected chi connectivity index (χ1v) is 8.49. The molecule has 6 heteroatoms. The Morgan fingerprint density at radius 1 is 1.25 bits per heavy atom. The molecule has 2 unspecified atom stereocenters. The molecule has 5 nitrogen and oxygen atoms in total. The summed E-state index contributed by atoms with van der Waals surface area (Å²) in [5.74, 6) is -1.02. The highest BCUT2D eigenvalue weighted by molar-refractivity contribution is 5.88. The van der Waals surface area contributed by atoms with Gasteiger partial charge in [-0.25, -0.2) is 4.39 Å². The Morgan fingerprint density at radius 2 is 1.92 bits per heavy atom. The Labute approximate surface area is 141 Å². The van der Waals surface area contributed by atoms with Gasteiger partial charge in [0.25, 0.3) is 0 Å². The number of carbonyl (C=O) groups excluding carboxylic acids is 2. The normalized spacial score (nSPS) is 17.8. The van der Waals surface area contributed by atoms with Gasteiger partial charge in [0.1, 0.15) is 11.9 Å². The van der Waals surface area contributed by atoms with Crippen LogP contribution in [0.25, 0.3) is 0 Å². The highest BCUT2D eigenvalue weighted by atomic mass is 19.1. The Kier molecular flexibility index (Phi) is 6.73. The van der Waals surface area contributed by atoms with Crippen molar-refractivity contribution < 1.29 is 19.1 Å². The third kappa shape index (κ3) is 5.03. The van der Waals surface area contributed by atoms with Gasteiger partial charge in [-0.15, -0.1) is 0 Å². The van der Waals surface area contributed by atoms with Crippen molar-refractivity contribution in [3.8, 4) is 0 Å². The number of nitrogens with one attached hydrogen (secondary N) is 2. The molecule has 1 aromatic carbocycles. The number of hydrogen-bond acceptors (Lipinski definition) is 3. The van der Waals surface area contributed by atoms with E-state index in [9.17, 15) is 19.1 Å². The SMILES string of the molecule is CC(NC(=O)C1CCCCC1)C(=O)NCC(O)c1ccccc1F. The molecule has 1 saturated carbocycles. The number of amides is 2. The van der Waals surface area contributed by atoms with Gasteiger partial charge in [-0.2, -0.15) is 0 Å². The zero-order valence-electron chi connectivity index (χ0n) is 13.9. The zero-order valence-corrected chi connectivity index (χ0v) is 13.9. The largest absolute Gasteiger partial charge is 0.386 e. The number of benzene rings is 1. The van der Waals surface area contributed by atoms with E-state index in [1.165, 1.54) is 18.2 Å². The summed E-state index contributed by atoms with van der Waals surface area (Å²) >= 11 is 0. The summed E-state index contributed by atoms with van der Waals surface area (Å²) < 4.78 is 13.6. The lowest BCUT2D eigenvalue weighted by Gasteiger charge is -2.23. The van der Waals surface area contributed by atoms with E-state index in [2.05, 4.69) is 10.6 Å². The first-order chi connectivity index (χ1) is 11.5. The first-order valence-electron chi connectivity index (χ1n) is 8.49. The van der Waals surface area contributed by atoms with E-state index in [0.29, 0.717) is 0 Å². The molecule has 3 N–H and O–H groups in total. The summed E-state index contributed by atoms with van der Waals surface area (Å²) in [5.41, 5.74) is 0.136. The predicted octanol–water partition coefficient (Wildman–Crippen LogP) is 2.06. The molecule has 2 amide bonds. The van der Waals surface area contributed by atoms with Crippen LogP contribution in [0.15, 0.2) is 24.3 Å². The van der Waals surface area contributed by atoms with Crippen molar-refractivity contribution >= 4 is 11.8 Å². The van der Waals surface area contributed by atoms with Crippen molar-refractivity contribution in [2.45, 2.75) is 51.2 Å². The van der Waals surface area contributed by atoms with Crippen molar-refractivity contribution in [1.82, 2.24) is 10.6 Å². The highest BCUT2D eigenvalue weighted by Gasteiger charge is 2.24. The molecule has 1 fully saturated rings. The van der Waals surface area contributed by atoms with Crippen LogP contribution in [0.4, 0.5) is 4.39 Å². The summed E-state index contributed by atoms with van der Waals surface area (Å²) in [6.07, 6.45) is 3.86. The molecule has 0 radical (unpaired) electrons. The minimum atomic E-state index is -1.13. The van der Waals surface area contributed by atoms with Crippen molar-refractivity contribution in [3.63, 3.8) is 0 Å². The Bertz CT molecular complexity index is 573. The molecule has 132 valence electrons. The van der Waals surface area contributed by atoms with Crippen LogP contribution in [0.5, 0.6) is 0 Å². The lowest BCUT2D eigenvalue weighted by atomic mass is 9.88. The van der Waals surface area contributed by atoms with Gasteiger partial charge in [0.05, 0.1) is 6.10 Å². The third-order valence-electron chi connectivity index (χ3n) is 4.46. The average molecular weight is 336 g/mol. The fourth-order valence-electron chi connectivity index (χ4n) is 2.97. The van der Waals surface area contributed by atoms with E-state index in [1.54, 1.807) is 13.0 Å². The van der Waals surface area contributed by atoms with Crippen LogP contribution >= 0.6 is 0 Å². The molecule has 0 spiro atoms. The topological polar surface area (TPSA) is 78.4 Å². The summed E-state index contributed by atoms with van der Waals surface area (Å²) in [6.45, 7) is 1.49. The molecule has 1 aliphatic rings. The molecule has 2 atom stereocenters. The monoisotopic (exact) mass is 336 g/mol. The Hall–Kier alpha value is -1.95. The van der Waals surface area contributed by atoms with E-state index < -0.39 is 23.9 Å². The van der Waals surface area contributed by atoms with Crippen LogP contribution in [0.3, 0.4) is 0 Å². The lowest BCUT2D eigenvalue weighted by molar-refractivity contribution is -0.131. The number of carbonyl (C=O) groups is 2. The van der Waals surface area contributed by atoms with Crippen LogP contribution in [0, 0.1) is 11.7 Å². The second-order valence-corrected chi connectivity index (χ2v) is 6.35. The van der Waals surface area contributed by atoms with Gasteiger partial charge < -0.3 is 15.7 Å². The third-order valence-corrected chi connectivity index (χ3v) is 4.46. The molecule has 0 heterocycles. The molecule has 0 bridgehead atoms. The summed E-state index contributed by atoms with van der Waals surface area (Å²) in [6, 6.07) is 5.20. The van der Waals surface area contributed by atoms with Crippen molar-refractivity contribution in [1.29, 1.82) is 0 Å². The summed E-state index contributed by atoms with van der Waals surface area (Å²) in [7, 11) is 0. The molecule has 0 aliphatic heterocycles. The maximum Gasteiger partial charge on any atom is 0.242 e. The molecular weight excluding hydrogens is 311 g/mol. The number of hydrogen-bond donors (Lipinski definition) is 3. The van der Waals surface area contributed by atoms with Gasteiger partial charge in [-0.1, -0.05) is 37.5 Å². The fourth-order valence-corrected chi connectivity index (χ4v) is 2.97. The molecule has 1 aromatic rings. The highest BCUT2D eigenvalue weighted by Crippen LogP contribution is 2.23. The van der Waals surface area contributed by atoms with Crippen molar-refractivity contribution in [2.24, 2.45) is 5.92 Å². The second kappa shape index (κ2) is 8.78. The van der Waals surface area contributed by atoms with Gasteiger partial charge in [-0.05, 0) is 25.8 Å². The maximum absolute atomic E-state index is 13.6. The smallest absolute Gasteiger partial charge is 0.242 e. The molecule has 24 heavy (non-hydrogen) atoms. The van der Waals surface area contributed by atoms with Gasteiger partial charge >= 0.3 is 0 Å². The number of rotatable bonds is 6. The average Bonchev–Trinajstić information content (AvgIpc) is 2.60.